The molecule has 0 aliphatic carbocycles. The maximum atomic E-state index is 9.51. The van der Waals surface area contributed by atoms with Gasteiger partial charge in [0.05, 0.1) is 19.8 Å². The number of azide groups is 1. The van der Waals surface area contributed by atoms with Crippen molar-refractivity contribution in [1.82, 2.24) is 0 Å². The quantitative estimate of drug-likeness (QED) is 0.451. The number of benzene rings is 1. The first-order valence-corrected chi connectivity index (χ1v) is 4.11. The van der Waals surface area contributed by atoms with Crippen molar-refractivity contribution in [1.29, 1.82) is 0 Å². The molecule has 5 heteroatoms. The van der Waals surface area contributed by atoms with Gasteiger partial charge in [0.2, 0.25) is 0 Å². The minimum Gasteiger partial charge on any atom is -0.497 e. The lowest BCUT2D eigenvalue weighted by atomic mass is 10.1. The van der Waals surface area contributed by atoms with Crippen molar-refractivity contribution in [3.8, 4) is 5.75 Å². The molecule has 0 saturated heterocycles. The Kier molecular flexibility index (Phi) is 3.79. The van der Waals surface area contributed by atoms with Gasteiger partial charge in [-0.1, -0.05) is 17.2 Å². The summed E-state index contributed by atoms with van der Waals surface area (Å²) in [6, 6.07) is 6.95. The molecule has 74 valence electrons. The number of nitrogens with zero attached hydrogens (tertiary/aromatic N) is 3. The second-order valence-electron chi connectivity index (χ2n) is 2.70. The van der Waals surface area contributed by atoms with Gasteiger partial charge in [-0.25, -0.2) is 0 Å². The van der Waals surface area contributed by atoms with E-state index in [-0.39, 0.29) is 6.54 Å². The molecule has 1 aromatic carbocycles. The lowest BCUT2D eigenvalue weighted by Crippen LogP contribution is -2.00. The van der Waals surface area contributed by atoms with Crippen LogP contribution in [-0.4, -0.2) is 18.8 Å². The number of aliphatic hydroxyl groups is 1. The van der Waals surface area contributed by atoms with Gasteiger partial charge in [-0.15, -0.1) is 0 Å². The van der Waals surface area contributed by atoms with E-state index in [0.29, 0.717) is 5.56 Å². The zero-order valence-corrected chi connectivity index (χ0v) is 7.79. The van der Waals surface area contributed by atoms with Gasteiger partial charge < -0.3 is 9.84 Å². The molecule has 5 nitrogen and oxygen atoms in total. The van der Waals surface area contributed by atoms with E-state index in [1.807, 2.05) is 0 Å². The van der Waals surface area contributed by atoms with Crippen LogP contribution in [-0.2, 0) is 0 Å². The largest absolute Gasteiger partial charge is 0.497 e. The summed E-state index contributed by atoms with van der Waals surface area (Å²) in [7, 11) is 1.57. The van der Waals surface area contributed by atoms with Crippen molar-refractivity contribution in [2.45, 2.75) is 6.10 Å². The third-order valence-corrected chi connectivity index (χ3v) is 1.82. The molecule has 0 aliphatic rings. The molecule has 14 heavy (non-hydrogen) atoms. The lowest BCUT2D eigenvalue weighted by Gasteiger charge is -2.07. The maximum Gasteiger partial charge on any atom is 0.118 e. The maximum absolute atomic E-state index is 9.51. The summed E-state index contributed by atoms with van der Waals surface area (Å²) >= 11 is 0. The molecular weight excluding hydrogens is 182 g/mol. The van der Waals surface area contributed by atoms with Crippen LogP contribution in [0, 0.1) is 0 Å². The zero-order valence-electron chi connectivity index (χ0n) is 7.79. The van der Waals surface area contributed by atoms with Crippen LogP contribution in [0.1, 0.15) is 11.7 Å². The fourth-order valence-electron chi connectivity index (χ4n) is 1.05. The Morgan fingerprint density at radius 2 is 2.14 bits per heavy atom. The van der Waals surface area contributed by atoms with Crippen molar-refractivity contribution < 1.29 is 9.84 Å². The van der Waals surface area contributed by atoms with Gasteiger partial charge in [-0.3, -0.25) is 0 Å². The van der Waals surface area contributed by atoms with Crippen LogP contribution in [0.5, 0.6) is 5.75 Å². The summed E-state index contributed by atoms with van der Waals surface area (Å²) < 4.78 is 4.97. The van der Waals surface area contributed by atoms with Crippen LogP contribution in [0.2, 0.25) is 0 Å². The van der Waals surface area contributed by atoms with Crippen molar-refractivity contribution in [3.05, 3.63) is 40.3 Å². The Hall–Kier alpha value is -1.71. The van der Waals surface area contributed by atoms with Crippen LogP contribution < -0.4 is 4.74 Å². The summed E-state index contributed by atoms with van der Waals surface area (Å²) in [4.78, 5) is 2.58. The molecule has 1 aromatic rings. The molecule has 0 saturated carbocycles. The molecule has 0 spiro atoms. The van der Waals surface area contributed by atoms with Gasteiger partial charge in [0.1, 0.15) is 5.75 Å². The highest BCUT2D eigenvalue weighted by atomic mass is 16.5. The van der Waals surface area contributed by atoms with Crippen molar-refractivity contribution in [2.24, 2.45) is 5.11 Å². The van der Waals surface area contributed by atoms with E-state index in [1.54, 1.807) is 31.4 Å². The smallest absolute Gasteiger partial charge is 0.118 e. The predicted octanol–water partition coefficient (Wildman–Crippen LogP) is 2.04. The highest BCUT2D eigenvalue weighted by Crippen LogP contribution is 2.17. The van der Waals surface area contributed by atoms with Gasteiger partial charge in [0.25, 0.3) is 0 Å². The highest BCUT2D eigenvalue weighted by molar-refractivity contribution is 5.28. The van der Waals surface area contributed by atoms with Crippen LogP contribution in [0.3, 0.4) is 0 Å². The van der Waals surface area contributed by atoms with Crippen molar-refractivity contribution in [3.63, 3.8) is 0 Å². The van der Waals surface area contributed by atoms with Gasteiger partial charge in [0, 0.05) is 4.91 Å². The van der Waals surface area contributed by atoms with E-state index < -0.39 is 6.10 Å². The van der Waals surface area contributed by atoms with E-state index in [0.717, 1.165) is 5.75 Å². The molecule has 0 fully saturated rings. The normalized spacial score (nSPS) is 11.6. The SMILES string of the molecule is COc1ccc([C@@H](O)CN=[N+]=[N-])cc1. The summed E-state index contributed by atoms with van der Waals surface area (Å²) in [6.45, 7) is 0.0445. The van der Waals surface area contributed by atoms with Crippen molar-refractivity contribution in [2.75, 3.05) is 13.7 Å². The Balaban J connectivity index is 2.70. The Morgan fingerprint density at radius 1 is 1.50 bits per heavy atom. The summed E-state index contributed by atoms with van der Waals surface area (Å²) in [5, 5.41) is 12.8. The molecule has 1 N–H and O–H groups in total. The molecule has 0 heterocycles. The topological polar surface area (TPSA) is 78.2 Å². The standard InChI is InChI=1S/C9H11N3O2/c1-14-8-4-2-7(3-5-8)9(13)6-11-12-10/h2-5,9,13H,6H2,1H3/t9-/m0/s1. The third kappa shape index (κ3) is 2.65. The van der Waals surface area contributed by atoms with Gasteiger partial charge >= 0.3 is 0 Å². The van der Waals surface area contributed by atoms with Gasteiger partial charge in [-0.05, 0) is 23.2 Å². The first-order chi connectivity index (χ1) is 6.77. The van der Waals surface area contributed by atoms with Gasteiger partial charge in [-0.2, -0.15) is 0 Å². The number of ether oxygens (including phenoxy) is 1. The molecule has 0 amide bonds. The summed E-state index contributed by atoms with van der Waals surface area (Å²) in [5.74, 6) is 0.727. The number of hydrogen-bond donors (Lipinski definition) is 1. The number of methoxy groups -OCH3 is 1. The summed E-state index contributed by atoms with van der Waals surface area (Å²) in [5.41, 5.74) is 8.78. The molecule has 0 radical (unpaired) electrons. The molecule has 0 bridgehead atoms. The molecule has 0 aliphatic heterocycles. The van der Waals surface area contributed by atoms with E-state index >= 15 is 0 Å². The van der Waals surface area contributed by atoms with E-state index in [2.05, 4.69) is 10.0 Å². The van der Waals surface area contributed by atoms with Crippen LogP contribution in [0.4, 0.5) is 0 Å². The van der Waals surface area contributed by atoms with E-state index in [1.165, 1.54) is 0 Å². The monoisotopic (exact) mass is 193 g/mol. The van der Waals surface area contributed by atoms with Crippen LogP contribution >= 0.6 is 0 Å². The molecule has 1 atom stereocenters. The first kappa shape index (κ1) is 10.4. The minimum atomic E-state index is -0.753. The van der Waals surface area contributed by atoms with Gasteiger partial charge in [0.15, 0.2) is 0 Å². The third-order valence-electron chi connectivity index (χ3n) is 1.82. The molecule has 0 unspecified atom stereocenters. The average molecular weight is 193 g/mol. The van der Waals surface area contributed by atoms with Crippen LogP contribution in [0.15, 0.2) is 29.4 Å². The Morgan fingerprint density at radius 3 is 2.64 bits per heavy atom. The highest BCUT2D eigenvalue weighted by Gasteiger charge is 2.05. The predicted molar refractivity (Wildman–Crippen MR) is 52.0 cm³/mol. The molecule has 0 aromatic heterocycles. The number of aliphatic hydroxyl groups excluding tert-OH is 1. The second-order valence-corrected chi connectivity index (χ2v) is 2.70. The fraction of sp³-hybridized carbons (Fsp3) is 0.333. The molecular formula is C9H11N3O2. The average Bonchev–Trinajstić information content (AvgIpc) is 2.26. The Bertz CT molecular complexity index is 330. The Labute approximate surface area is 81.6 Å². The van der Waals surface area contributed by atoms with E-state index in [9.17, 15) is 5.11 Å². The lowest BCUT2D eigenvalue weighted by molar-refractivity contribution is 0.186. The molecule has 1 rings (SSSR count). The first-order valence-electron chi connectivity index (χ1n) is 4.11. The van der Waals surface area contributed by atoms with E-state index in [4.69, 9.17) is 10.3 Å². The number of hydrogen-bond acceptors (Lipinski definition) is 3. The minimum absolute atomic E-state index is 0.0445. The summed E-state index contributed by atoms with van der Waals surface area (Å²) in [6.07, 6.45) is -0.753. The van der Waals surface area contributed by atoms with Crippen LogP contribution in [0.25, 0.3) is 10.4 Å². The fourth-order valence-corrected chi connectivity index (χ4v) is 1.05. The second kappa shape index (κ2) is 5.11. The zero-order chi connectivity index (χ0) is 10.4. The number of rotatable bonds is 4. The van der Waals surface area contributed by atoms with Crippen molar-refractivity contribution >= 4 is 0 Å².